The summed E-state index contributed by atoms with van der Waals surface area (Å²) >= 11 is 0. The maximum Gasteiger partial charge on any atom is 0.339 e. The molecule has 0 unspecified atom stereocenters. The van der Waals surface area contributed by atoms with Gasteiger partial charge in [-0.3, -0.25) is 10.1 Å². The van der Waals surface area contributed by atoms with Crippen LogP contribution in [0.15, 0.2) is 12.1 Å². The summed E-state index contributed by atoms with van der Waals surface area (Å²) in [6.07, 6.45) is 0. The molecule has 2 rings (SSSR count). The van der Waals surface area contributed by atoms with E-state index in [0.29, 0.717) is 17.2 Å². The number of aromatic carboxylic acids is 1. The fourth-order valence-corrected chi connectivity index (χ4v) is 2.03. The van der Waals surface area contributed by atoms with Gasteiger partial charge < -0.3 is 5.11 Å². The Labute approximate surface area is 113 Å². The Kier molecular flexibility index (Phi) is 3.23. The minimum absolute atomic E-state index is 0.0891. The highest BCUT2D eigenvalue weighted by Crippen LogP contribution is 2.20. The molecule has 0 bridgehead atoms. The molecule has 104 valence electrons. The van der Waals surface area contributed by atoms with Crippen LogP contribution < -0.4 is 0 Å². The molecule has 8 nitrogen and oxygen atoms in total. The maximum atomic E-state index is 11.1. The second-order valence-corrected chi connectivity index (χ2v) is 4.29. The SMILES string of the molecule is Cc1nc(-n2nc(C)c(C(=O)O)c2C)ccc1[N+](=O)[O-]. The normalized spacial score (nSPS) is 10.6. The molecule has 1 N–H and O–H groups in total. The molecule has 0 atom stereocenters. The van der Waals surface area contributed by atoms with Crippen molar-refractivity contribution in [3.63, 3.8) is 0 Å². The van der Waals surface area contributed by atoms with Gasteiger partial charge in [-0.1, -0.05) is 0 Å². The van der Waals surface area contributed by atoms with Gasteiger partial charge in [0, 0.05) is 6.07 Å². The van der Waals surface area contributed by atoms with E-state index in [1.807, 2.05) is 0 Å². The first-order valence-electron chi connectivity index (χ1n) is 5.75. The number of aromatic nitrogens is 3. The molecule has 0 aliphatic carbocycles. The summed E-state index contributed by atoms with van der Waals surface area (Å²) in [5, 5.41) is 24.0. The second kappa shape index (κ2) is 4.72. The molecule has 0 spiro atoms. The standard InChI is InChI=1S/C12H12N4O4/c1-6-9(16(19)20)4-5-10(13-6)15-8(3)11(12(17)18)7(2)14-15/h4-5H,1-3H3,(H,17,18). The number of hydrogen-bond acceptors (Lipinski definition) is 5. The van der Waals surface area contributed by atoms with Crippen LogP contribution in [-0.2, 0) is 0 Å². The van der Waals surface area contributed by atoms with Crippen molar-refractivity contribution in [2.75, 3.05) is 0 Å². The quantitative estimate of drug-likeness (QED) is 0.675. The molecule has 0 amide bonds. The number of pyridine rings is 1. The molecule has 2 heterocycles. The Bertz CT molecular complexity index is 720. The van der Waals surface area contributed by atoms with Crippen LogP contribution in [0.3, 0.4) is 0 Å². The van der Waals surface area contributed by atoms with E-state index in [1.54, 1.807) is 13.8 Å². The largest absolute Gasteiger partial charge is 0.478 e. The minimum Gasteiger partial charge on any atom is -0.478 e. The van der Waals surface area contributed by atoms with Gasteiger partial charge in [0.1, 0.15) is 11.3 Å². The van der Waals surface area contributed by atoms with Crippen LogP contribution in [0.5, 0.6) is 0 Å². The van der Waals surface area contributed by atoms with E-state index in [2.05, 4.69) is 10.1 Å². The molecule has 0 aliphatic rings. The Balaban J connectivity index is 2.58. The summed E-state index contributed by atoms with van der Waals surface area (Å²) in [5.74, 6) is -0.717. The van der Waals surface area contributed by atoms with Crippen LogP contribution in [0.2, 0.25) is 0 Å². The number of carboxylic acids is 1. The van der Waals surface area contributed by atoms with Crippen molar-refractivity contribution >= 4 is 11.7 Å². The Morgan fingerprint density at radius 3 is 2.40 bits per heavy atom. The highest BCUT2D eigenvalue weighted by atomic mass is 16.6. The van der Waals surface area contributed by atoms with Crippen molar-refractivity contribution in [1.29, 1.82) is 0 Å². The summed E-state index contributed by atoms with van der Waals surface area (Å²) in [4.78, 5) is 25.5. The van der Waals surface area contributed by atoms with Gasteiger partial charge in [0.05, 0.1) is 16.3 Å². The van der Waals surface area contributed by atoms with Gasteiger partial charge >= 0.3 is 5.97 Å². The van der Waals surface area contributed by atoms with Gasteiger partial charge in [-0.15, -0.1) is 0 Å². The van der Waals surface area contributed by atoms with E-state index >= 15 is 0 Å². The lowest BCUT2D eigenvalue weighted by Gasteiger charge is -2.04. The molecule has 20 heavy (non-hydrogen) atoms. The number of nitrogens with zero attached hydrogens (tertiary/aromatic N) is 4. The van der Waals surface area contributed by atoms with Crippen LogP contribution in [0.25, 0.3) is 5.82 Å². The zero-order chi connectivity index (χ0) is 15.0. The molecule has 8 heteroatoms. The lowest BCUT2D eigenvalue weighted by molar-refractivity contribution is -0.385. The average molecular weight is 276 g/mol. The highest BCUT2D eigenvalue weighted by molar-refractivity contribution is 5.90. The van der Waals surface area contributed by atoms with Crippen LogP contribution in [0, 0.1) is 30.9 Å². The molecule has 2 aromatic heterocycles. The van der Waals surface area contributed by atoms with E-state index in [0.717, 1.165) is 0 Å². The van der Waals surface area contributed by atoms with Crippen molar-refractivity contribution in [1.82, 2.24) is 14.8 Å². The summed E-state index contributed by atoms with van der Waals surface area (Å²) in [5.41, 5.74) is 1.07. The molecular weight excluding hydrogens is 264 g/mol. The first-order valence-corrected chi connectivity index (χ1v) is 5.75. The van der Waals surface area contributed by atoms with Gasteiger partial charge in [-0.25, -0.2) is 14.5 Å². The molecule has 0 radical (unpaired) electrons. The second-order valence-electron chi connectivity index (χ2n) is 4.29. The maximum absolute atomic E-state index is 11.1. The van der Waals surface area contributed by atoms with Gasteiger partial charge in [-0.2, -0.15) is 5.10 Å². The number of aryl methyl sites for hydroxylation is 2. The number of rotatable bonds is 3. The predicted octanol–water partition coefficient (Wildman–Crippen LogP) is 1.80. The van der Waals surface area contributed by atoms with Crippen LogP contribution in [0.4, 0.5) is 5.69 Å². The first kappa shape index (κ1) is 13.7. The smallest absolute Gasteiger partial charge is 0.339 e. The number of carboxylic acid groups (broad SMARTS) is 1. The molecule has 0 saturated heterocycles. The van der Waals surface area contributed by atoms with E-state index in [1.165, 1.54) is 23.7 Å². The highest BCUT2D eigenvalue weighted by Gasteiger charge is 2.20. The number of nitro groups is 1. The molecule has 0 aromatic carbocycles. The minimum atomic E-state index is -1.06. The molecule has 0 fully saturated rings. The summed E-state index contributed by atoms with van der Waals surface area (Å²) in [6, 6.07) is 2.77. The van der Waals surface area contributed by atoms with Gasteiger partial charge in [-0.05, 0) is 26.8 Å². The molecular formula is C12H12N4O4. The van der Waals surface area contributed by atoms with Crippen molar-refractivity contribution < 1.29 is 14.8 Å². The Morgan fingerprint density at radius 2 is 1.95 bits per heavy atom. The van der Waals surface area contributed by atoms with Gasteiger partial charge in [0.2, 0.25) is 0 Å². The van der Waals surface area contributed by atoms with E-state index < -0.39 is 10.9 Å². The average Bonchev–Trinajstić information content (AvgIpc) is 2.64. The first-order chi connectivity index (χ1) is 9.32. The molecule has 0 aliphatic heterocycles. The lowest BCUT2D eigenvalue weighted by atomic mass is 10.2. The third-order valence-electron chi connectivity index (χ3n) is 2.96. The van der Waals surface area contributed by atoms with Crippen molar-refractivity contribution in [3.8, 4) is 5.82 Å². The van der Waals surface area contributed by atoms with Crippen LogP contribution in [-0.4, -0.2) is 30.8 Å². The topological polar surface area (TPSA) is 111 Å². The van der Waals surface area contributed by atoms with Crippen LogP contribution >= 0.6 is 0 Å². The third kappa shape index (κ3) is 2.11. The van der Waals surface area contributed by atoms with Crippen molar-refractivity contribution in [2.24, 2.45) is 0 Å². The predicted molar refractivity (Wildman–Crippen MR) is 69.2 cm³/mol. The lowest BCUT2D eigenvalue weighted by Crippen LogP contribution is -2.06. The zero-order valence-electron chi connectivity index (χ0n) is 11.1. The van der Waals surface area contributed by atoms with E-state index in [9.17, 15) is 14.9 Å². The monoisotopic (exact) mass is 276 g/mol. The van der Waals surface area contributed by atoms with E-state index in [4.69, 9.17) is 5.11 Å². The Morgan fingerprint density at radius 1 is 1.30 bits per heavy atom. The molecule has 0 saturated carbocycles. The van der Waals surface area contributed by atoms with Crippen molar-refractivity contribution in [2.45, 2.75) is 20.8 Å². The third-order valence-corrected chi connectivity index (χ3v) is 2.96. The fourth-order valence-electron chi connectivity index (χ4n) is 2.03. The summed E-state index contributed by atoms with van der Waals surface area (Å²) in [7, 11) is 0. The van der Waals surface area contributed by atoms with Gasteiger partial charge in [0.25, 0.3) is 5.69 Å². The van der Waals surface area contributed by atoms with Crippen molar-refractivity contribution in [3.05, 3.63) is 44.9 Å². The van der Waals surface area contributed by atoms with Gasteiger partial charge in [0.15, 0.2) is 5.82 Å². The summed E-state index contributed by atoms with van der Waals surface area (Å²) < 4.78 is 1.37. The van der Waals surface area contributed by atoms with Crippen LogP contribution in [0.1, 0.15) is 27.4 Å². The fraction of sp³-hybridized carbons (Fsp3) is 0.250. The van der Waals surface area contributed by atoms with E-state index in [-0.39, 0.29) is 16.9 Å². The summed E-state index contributed by atoms with van der Waals surface area (Å²) in [6.45, 7) is 4.72. The number of carbonyl (C=O) groups is 1. The number of hydrogen-bond donors (Lipinski definition) is 1. The zero-order valence-corrected chi connectivity index (χ0v) is 11.1. The Hall–Kier alpha value is -2.77. The molecule has 2 aromatic rings.